The van der Waals surface area contributed by atoms with Crippen molar-refractivity contribution in [2.75, 3.05) is 7.11 Å². The first-order valence-electron chi connectivity index (χ1n) is 5.47. The summed E-state index contributed by atoms with van der Waals surface area (Å²) in [7, 11) is 1.24. The van der Waals surface area contributed by atoms with E-state index >= 15 is 0 Å². The van der Waals surface area contributed by atoms with E-state index in [2.05, 4.69) is 20.7 Å². The molecule has 0 N–H and O–H groups in total. The molecule has 0 amide bonds. The Labute approximate surface area is 121 Å². The van der Waals surface area contributed by atoms with Gasteiger partial charge in [0.25, 0.3) is 0 Å². The van der Waals surface area contributed by atoms with E-state index in [1.165, 1.54) is 19.2 Å². The molecule has 0 bridgehead atoms. The zero-order valence-electron chi connectivity index (χ0n) is 10.2. The minimum atomic E-state index is -1.11. The molecule has 0 unspecified atom stereocenters. The highest BCUT2D eigenvalue weighted by molar-refractivity contribution is 9.10. The highest BCUT2D eigenvalue weighted by atomic mass is 79.9. The lowest BCUT2D eigenvalue weighted by molar-refractivity contribution is 0.102. The summed E-state index contributed by atoms with van der Waals surface area (Å²) in [5, 5.41) is 0. The van der Waals surface area contributed by atoms with Crippen LogP contribution >= 0.6 is 15.9 Å². The van der Waals surface area contributed by atoms with Crippen molar-refractivity contribution in [3.63, 3.8) is 0 Å². The Kier molecular flexibility index (Phi) is 4.13. The van der Waals surface area contributed by atoms with Crippen LogP contribution in [0.3, 0.4) is 0 Å². The third-order valence-corrected chi connectivity index (χ3v) is 3.29. The van der Waals surface area contributed by atoms with E-state index in [0.717, 1.165) is 18.2 Å². The fourth-order valence-corrected chi connectivity index (χ4v) is 2.06. The highest BCUT2D eigenvalue weighted by Crippen LogP contribution is 2.26. The molecule has 0 heterocycles. The van der Waals surface area contributed by atoms with Gasteiger partial charge in [-0.25, -0.2) is 13.2 Å². The number of methoxy groups -OCH3 is 1. The number of ether oxygens (including phenoxy) is 1. The molecule has 2 aromatic carbocycles. The number of benzene rings is 2. The monoisotopic (exact) mass is 344 g/mol. The number of hydrogen-bond acceptors (Lipinski definition) is 2. The number of hydrogen-bond donors (Lipinski definition) is 0. The molecule has 0 saturated carbocycles. The summed E-state index contributed by atoms with van der Waals surface area (Å²) in [6.07, 6.45) is 0. The van der Waals surface area contributed by atoms with Crippen molar-refractivity contribution >= 4 is 21.7 Å². The normalized spacial score (nSPS) is 10.4. The average molecular weight is 345 g/mol. The third kappa shape index (κ3) is 2.56. The minimum absolute atomic E-state index is 0.0395. The van der Waals surface area contributed by atoms with E-state index in [1.807, 2.05) is 0 Å². The topological polar surface area (TPSA) is 26.3 Å². The van der Waals surface area contributed by atoms with Crippen LogP contribution in [-0.4, -0.2) is 12.9 Å². The molecule has 0 aliphatic carbocycles. The molecule has 0 aliphatic rings. The molecule has 0 aliphatic heterocycles. The minimum Gasteiger partial charge on any atom is -0.497 e. The standard InChI is InChI=1S/C14H8BrF3O2/c1-20-7-5-10(16)12(11(17)6-7)14(19)8-3-2-4-9(15)13(8)18/h2-6H,1H3. The van der Waals surface area contributed by atoms with Gasteiger partial charge in [-0.2, -0.15) is 0 Å². The molecular formula is C14H8BrF3O2. The van der Waals surface area contributed by atoms with E-state index in [4.69, 9.17) is 0 Å². The van der Waals surface area contributed by atoms with E-state index in [0.29, 0.717) is 0 Å². The van der Waals surface area contributed by atoms with E-state index in [9.17, 15) is 18.0 Å². The lowest BCUT2D eigenvalue weighted by Crippen LogP contribution is -2.10. The first-order chi connectivity index (χ1) is 9.45. The number of carbonyl (C=O) groups excluding carboxylic acids is 1. The van der Waals surface area contributed by atoms with Crippen LogP contribution in [0.2, 0.25) is 0 Å². The van der Waals surface area contributed by atoms with Crippen LogP contribution in [0, 0.1) is 17.5 Å². The van der Waals surface area contributed by atoms with E-state index in [-0.39, 0.29) is 10.2 Å². The van der Waals surface area contributed by atoms with Gasteiger partial charge in [-0.15, -0.1) is 0 Å². The number of halogens is 4. The van der Waals surface area contributed by atoms with Crippen molar-refractivity contribution < 1.29 is 22.7 Å². The molecule has 6 heteroatoms. The van der Waals surface area contributed by atoms with Crippen LogP contribution in [0.4, 0.5) is 13.2 Å². The van der Waals surface area contributed by atoms with Gasteiger partial charge in [0.15, 0.2) is 0 Å². The van der Waals surface area contributed by atoms with Gasteiger partial charge in [0, 0.05) is 12.1 Å². The van der Waals surface area contributed by atoms with Crippen molar-refractivity contribution in [2.45, 2.75) is 0 Å². The quantitative estimate of drug-likeness (QED) is 0.783. The second-order valence-electron chi connectivity index (χ2n) is 3.90. The average Bonchev–Trinajstić information content (AvgIpc) is 2.40. The summed E-state index contributed by atoms with van der Waals surface area (Å²) in [5.74, 6) is -4.21. The summed E-state index contributed by atoms with van der Waals surface area (Å²) >= 11 is 2.91. The van der Waals surface area contributed by atoms with Gasteiger partial charge in [0.1, 0.15) is 23.2 Å². The molecule has 0 radical (unpaired) electrons. The zero-order valence-corrected chi connectivity index (χ0v) is 11.8. The number of carbonyl (C=O) groups is 1. The molecule has 0 atom stereocenters. The molecule has 0 spiro atoms. The largest absolute Gasteiger partial charge is 0.497 e. The van der Waals surface area contributed by atoms with E-state index in [1.54, 1.807) is 0 Å². The second-order valence-corrected chi connectivity index (χ2v) is 4.75. The Morgan fingerprint density at radius 3 is 2.30 bits per heavy atom. The molecular weight excluding hydrogens is 337 g/mol. The van der Waals surface area contributed by atoms with Gasteiger partial charge in [-0.3, -0.25) is 4.79 Å². The molecule has 2 rings (SSSR count). The molecule has 0 fully saturated rings. The highest BCUT2D eigenvalue weighted by Gasteiger charge is 2.23. The second kappa shape index (κ2) is 5.66. The van der Waals surface area contributed by atoms with Gasteiger partial charge in [-0.1, -0.05) is 6.07 Å². The molecule has 2 aromatic rings. The first kappa shape index (κ1) is 14.6. The Balaban J connectivity index is 2.57. The molecule has 2 nitrogen and oxygen atoms in total. The van der Waals surface area contributed by atoms with Crippen LogP contribution in [0.1, 0.15) is 15.9 Å². The molecule has 104 valence electrons. The maximum atomic E-state index is 13.8. The molecule has 20 heavy (non-hydrogen) atoms. The van der Waals surface area contributed by atoms with Crippen LogP contribution in [0.5, 0.6) is 5.75 Å². The van der Waals surface area contributed by atoms with Gasteiger partial charge in [0.2, 0.25) is 5.78 Å². The fraction of sp³-hybridized carbons (Fsp3) is 0.0714. The van der Waals surface area contributed by atoms with Gasteiger partial charge in [-0.05, 0) is 28.1 Å². The van der Waals surface area contributed by atoms with Crippen LogP contribution in [0.25, 0.3) is 0 Å². The lowest BCUT2D eigenvalue weighted by atomic mass is 10.0. The van der Waals surface area contributed by atoms with Crippen LogP contribution in [0.15, 0.2) is 34.8 Å². The molecule has 0 saturated heterocycles. The zero-order chi connectivity index (χ0) is 14.9. The van der Waals surface area contributed by atoms with Crippen molar-refractivity contribution in [3.05, 3.63) is 63.4 Å². The Morgan fingerprint density at radius 1 is 1.15 bits per heavy atom. The summed E-state index contributed by atoms with van der Waals surface area (Å²) in [5.41, 5.74) is -1.23. The third-order valence-electron chi connectivity index (χ3n) is 2.67. The van der Waals surface area contributed by atoms with Crippen LogP contribution < -0.4 is 4.74 Å². The maximum absolute atomic E-state index is 13.8. The van der Waals surface area contributed by atoms with Gasteiger partial charge in [0.05, 0.1) is 22.7 Å². The summed E-state index contributed by atoms with van der Waals surface area (Å²) in [6.45, 7) is 0. The van der Waals surface area contributed by atoms with Gasteiger partial charge >= 0.3 is 0 Å². The smallest absolute Gasteiger partial charge is 0.201 e. The maximum Gasteiger partial charge on any atom is 0.201 e. The SMILES string of the molecule is COc1cc(F)c(C(=O)c2cccc(Br)c2F)c(F)c1. The predicted octanol–water partition coefficient (Wildman–Crippen LogP) is 4.11. The van der Waals surface area contributed by atoms with Crippen molar-refractivity contribution in [1.29, 1.82) is 0 Å². The predicted molar refractivity (Wildman–Crippen MR) is 70.4 cm³/mol. The van der Waals surface area contributed by atoms with Crippen LogP contribution in [-0.2, 0) is 0 Å². The summed E-state index contributed by atoms with van der Waals surface area (Å²) in [4.78, 5) is 12.1. The van der Waals surface area contributed by atoms with Crippen molar-refractivity contribution in [2.24, 2.45) is 0 Å². The Bertz CT molecular complexity index is 663. The lowest BCUT2D eigenvalue weighted by Gasteiger charge is -2.08. The van der Waals surface area contributed by atoms with E-state index < -0.39 is 34.4 Å². The summed E-state index contributed by atoms with van der Waals surface area (Å²) < 4.78 is 46.1. The Hall–Kier alpha value is -1.82. The van der Waals surface area contributed by atoms with Crippen molar-refractivity contribution in [3.8, 4) is 5.75 Å². The molecule has 0 aromatic heterocycles. The number of rotatable bonds is 3. The van der Waals surface area contributed by atoms with Crippen molar-refractivity contribution in [1.82, 2.24) is 0 Å². The van der Waals surface area contributed by atoms with Gasteiger partial charge < -0.3 is 4.74 Å². The first-order valence-corrected chi connectivity index (χ1v) is 6.26. The number of ketones is 1. The fourth-order valence-electron chi connectivity index (χ4n) is 1.70. The summed E-state index contributed by atoms with van der Waals surface area (Å²) in [6, 6.07) is 5.68. The Morgan fingerprint density at radius 2 is 1.75 bits per heavy atom.